The van der Waals surface area contributed by atoms with Crippen molar-refractivity contribution < 1.29 is 0 Å². The summed E-state index contributed by atoms with van der Waals surface area (Å²) in [7, 11) is 11.2. The summed E-state index contributed by atoms with van der Waals surface area (Å²) in [6, 6.07) is 18.1. The summed E-state index contributed by atoms with van der Waals surface area (Å²) >= 11 is 0. The van der Waals surface area contributed by atoms with Gasteiger partial charge in [0.15, 0.2) is 0 Å². The molecule has 0 radical (unpaired) electrons. The van der Waals surface area contributed by atoms with Crippen LogP contribution in [0.25, 0.3) is 22.3 Å². The van der Waals surface area contributed by atoms with Crippen molar-refractivity contribution in [2.75, 3.05) is 0 Å². The monoisotopic (exact) mass is 346 g/mol. The quantitative estimate of drug-likeness (QED) is 0.455. The summed E-state index contributed by atoms with van der Waals surface area (Å²) in [6.07, 6.45) is 0. The van der Waals surface area contributed by atoms with E-state index in [2.05, 4.69) is 109 Å². The topological polar surface area (TPSA) is 0 Å². The second kappa shape index (κ2) is 7.19. The Morgan fingerprint density at radius 3 is 1.22 bits per heavy atom. The molecule has 0 fully saturated rings. The van der Waals surface area contributed by atoms with Crippen LogP contribution in [0.1, 0.15) is 26.3 Å². The molecule has 3 aromatic rings. The van der Waals surface area contributed by atoms with Gasteiger partial charge in [-0.15, -0.1) is 16.4 Å². The van der Waals surface area contributed by atoms with Crippen molar-refractivity contribution >= 4 is 66.5 Å². The predicted molar refractivity (Wildman–Crippen MR) is 137 cm³/mol. The van der Waals surface area contributed by atoms with Gasteiger partial charge in [-0.2, -0.15) is 0 Å². The lowest BCUT2D eigenvalue weighted by Crippen LogP contribution is -2.55. The normalized spacial score (nSPS) is 11.5. The van der Waals surface area contributed by atoms with Gasteiger partial charge in [-0.1, -0.05) is 80.2 Å². The van der Waals surface area contributed by atoms with Crippen LogP contribution in [0, 0.1) is 0 Å². The highest BCUT2D eigenvalue weighted by Crippen LogP contribution is 2.27. The Balaban J connectivity index is 2.00. The molecule has 0 spiro atoms. The molecule has 5 heteroatoms. The van der Waals surface area contributed by atoms with Gasteiger partial charge in [-0.05, 0) is 33.2 Å². The summed E-state index contributed by atoms with van der Waals surface area (Å²) < 4.78 is 0. The molecule has 0 atom stereocenters. The molecule has 130 valence electrons. The van der Waals surface area contributed by atoms with Crippen LogP contribution in [0.5, 0.6) is 0 Å². The third kappa shape index (κ3) is 3.70. The molecule has 0 nitrogen and oxygen atoms in total. The zero-order valence-electron chi connectivity index (χ0n) is 18.1. The van der Waals surface area contributed by atoms with Crippen LogP contribution in [0.2, 0.25) is 0 Å². The first-order chi connectivity index (χ1) is 12.6. The number of rotatable bonds is 2. The molecule has 0 unspecified atom stereocenters. The molecule has 0 amide bonds. The fourth-order valence-electron chi connectivity index (χ4n) is 3.93. The minimum Gasteiger partial charge on any atom is -0.102 e. The molecule has 0 bridgehead atoms. The lowest BCUT2D eigenvalue weighted by atomic mass is 9.59. The second-order valence-corrected chi connectivity index (χ2v) is 8.90. The van der Waals surface area contributed by atoms with E-state index in [9.17, 15) is 0 Å². The minimum atomic E-state index is 0.193. The highest BCUT2D eigenvalue weighted by molar-refractivity contribution is 6.68. The molecule has 3 rings (SSSR count). The number of hydrogen-bond acceptors (Lipinski definition) is 0. The van der Waals surface area contributed by atoms with Gasteiger partial charge in [0.1, 0.15) is 39.2 Å². The van der Waals surface area contributed by atoms with Crippen molar-refractivity contribution in [3.05, 3.63) is 54.1 Å². The Bertz CT molecular complexity index is 952. The maximum atomic E-state index is 2.27. The highest BCUT2D eigenvalue weighted by atomic mass is 14.2. The SMILES string of the molecule is Bc1c(B)c(B)c(-c2ccc(-c3ccc(C(C)(C)C)cc3)cc2)c(B)c1B. The van der Waals surface area contributed by atoms with E-state index in [1.165, 1.54) is 55.1 Å². The summed E-state index contributed by atoms with van der Waals surface area (Å²) in [4.78, 5) is 0. The molecule has 0 aliphatic heterocycles. The average Bonchev–Trinajstić information content (AvgIpc) is 2.65. The van der Waals surface area contributed by atoms with Crippen molar-refractivity contribution in [2.45, 2.75) is 26.2 Å². The van der Waals surface area contributed by atoms with E-state index in [-0.39, 0.29) is 5.41 Å². The smallest absolute Gasteiger partial charge is 0.102 e. The molecule has 0 aliphatic carbocycles. The molecular formula is C22H27B5. The van der Waals surface area contributed by atoms with Crippen molar-refractivity contribution in [2.24, 2.45) is 0 Å². The Hall–Kier alpha value is -2.02. The van der Waals surface area contributed by atoms with Gasteiger partial charge < -0.3 is 0 Å². The molecule has 0 N–H and O–H groups in total. The summed E-state index contributed by atoms with van der Waals surface area (Å²) in [6.45, 7) is 6.77. The van der Waals surface area contributed by atoms with Crippen LogP contribution in [-0.2, 0) is 5.41 Å². The fraction of sp³-hybridized carbons (Fsp3) is 0.182. The predicted octanol–water partition coefficient (Wildman–Crippen LogP) is -2.39. The molecule has 27 heavy (non-hydrogen) atoms. The number of hydrogen-bond donors (Lipinski definition) is 0. The molecule has 3 aromatic carbocycles. The summed E-state index contributed by atoms with van der Waals surface area (Å²) in [5, 5.41) is 0. The first kappa shape index (κ1) is 19.7. The lowest BCUT2D eigenvalue weighted by molar-refractivity contribution is 0.590. The van der Waals surface area contributed by atoms with Gasteiger partial charge in [0.25, 0.3) is 0 Å². The average molecular weight is 346 g/mol. The van der Waals surface area contributed by atoms with E-state index in [1.807, 2.05) is 0 Å². The van der Waals surface area contributed by atoms with Crippen LogP contribution in [-0.4, -0.2) is 39.2 Å². The summed E-state index contributed by atoms with van der Waals surface area (Å²) in [5.74, 6) is 0. The van der Waals surface area contributed by atoms with Crippen molar-refractivity contribution in [3.63, 3.8) is 0 Å². The van der Waals surface area contributed by atoms with Crippen LogP contribution in [0.3, 0.4) is 0 Å². The minimum absolute atomic E-state index is 0.193. The Morgan fingerprint density at radius 2 is 0.815 bits per heavy atom. The van der Waals surface area contributed by atoms with E-state index in [1.54, 1.807) is 0 Å². The number of benzene rings is 3. The standard InChI is InChI=1S/C22H27B5/c1-22(2,3)15-10-8-13(9-11-15)12-4-6-14(7-5-12)16-17(23)19(25)21(27)20(26)18(16)24/h4-11H,23-27H2,1-3H3. The third-order valence-corrected chi connectivity index (χ3v) is 6.26. The summed E-state index contributed by atoms with van der Waals surface area (Å²) in [5.41, 5.74) is 13.9. The van der Waals surface area contributed by atoms with E-state index in [4.69, 9.17) is 0 Å². The fourth-order valence-corrected chi connectivity index (χ4v) is 3.93. The van der Waals surface area contributed by atoms with Gasteiger partial charge in [0, 0.05) is 0 Å². The van der Waals surface area contributed by atoms with Crippen LogP contribution in [0.4, 0.5) is 0 Å². The molecule has 0 aromatic heterocycles. The van der Waals surface area contributed by atoms with Gasteiger partial charge in [-0.3, -0.25) is 0 Å². The first-order valence-corrected chi connectivity index (χ1v) is 9.89. The zero-order chi connectivity index (χ0) is 19.9. The van der Waals surface area contributed by atoms with Crippen molar-refractivity contribution in [1.82, 2.24) is 0 Å². The second-order valence-electron chi connectivity index (χ2n) is 8.90. The van der Waals surface area contributed by atoms with Crippen LogP contribution < -0.4 is 27.3 Å². The lowest BCUT2D eigenvalue weighted by Gasteiger charge is -2.21. The van der Waals surface area contributed by atoms with Crippen molar-refractivity contribution in [3.8, 4) is 22.3 Å². The molecule has 0 aliphatic rings. The van der Waals surface area contributed by atoms with Gasteiger partial charge >= 0.3 is 0 Å². The maximum Gasteiger partial charge on any atom is 0.139 e. The van der Waals surface area contributed by atoms with E-state index in [0.29, 0.717) is 0 Å². The molecule has 0 saturated heterocycles. The third-order valence-electron chi connectivity index (χ3n) is 6.26. The molecular weight excluding hydrogens is 318 g/mol. The van der Waals surface area contributed by atoms with Crippen molar-refractivity contribution in [1.29, 1.82) is 0 Å². The van der Waals surface area contributed by atoms with E-state index in [0.717, 1.165) is 0 Å². The molecule has 0 heterocycles. The Kier molecular flexibility index (Phi) is 5.25. The van der Waals surface area contributed by atoms with Gasteiger partial charge in [0.05, 0.1) is 0 Å². The van der Waals surface area contributed by atoms with E-state index >= 15 is 0 Å². The van der Waals surface area contributed by atoms with Crippen LogP contribution in [0.15, 0.2) is 48.5 Å². The Morgan fingerprint density at radius 1 is 0.481 bits per heavy atom. The van der Waals surface area contributed by atoms with Crippen LogP contribution >= 0.6 is 0 Å². The molecule has 0 saturated carbocycles. The highest BCUT2D eigenvalue weighted by Gasteiger charge is 2.14. The maximum absolute atomic E-state index is 2.27. The zero-order valence-corrected chi connectivity index (χ0v) is 18.1. The van der Waals surface area contributed by atoms with Gasteiger partial charge in [-0.25, -0.2) is 0 Å². The Labute approximate surface area is 169 Å². The van der Waals surface area contributed by atoms with E-state index < -0.39 is 0 Å². The van der Waals surface area contributed by atoms with Gasteiger partial charge in [0.2, 0.25) is 0 Å². The first-order valence-electron chi connectivity index (χ1n) is 9.89. The largest absolute Gasteiger partial charge is 0.139 e.